The van der Waals surface area contributed by atoms with Gasteiger partial charge >= 0.3 is 0 Å². The maximum Gasteiger partial charge on any atom is 0.119 e. The zero-order valence-corrected chi connectivity index (χ0v) is 16.9. The van der Waals surface area contributed by atoms with E-state index >= 15 is 0 Å². The Kier molecular flexibility index (Phi) is 11.1. The standard InChI is InChI=1S/C20H37N5O/c1-17(24-16-20(2,3)25-11-10-22-4)8-9-23-12-13-26-19-7-5-6-18(14-19)15-21/h5-7,14,22-23,25H,8-13,15-16,21H2,1-4H3. The normalized spacial score (nSPS) is 12.4. The summed E-state index contributed by atoms with van der Waals surface area (Å²) >= 11 is 0. The Morgan fingerprint density at radius 2 is 2.00 bits per heavy atom. The van der Waals surface area contributed by atoms with E-state index in [1.54, 1.807) is 0 Å². The van der Waals surface area contributed by atoms with Gasteiger partial charge in [-0.2, -0.15) is 0 Å². The molecule has 0 aliphatic rings. The Hall–Kier alpha value is -1.47. The molecule has 148 valence electrons. The van der Waals surface area contributed by atoms with Gasteiger partial charge in [0.25, 0.3) is 0 Å². The quantitative estimate of drug-likeness (QED) is 0.298. The molecule has 0 aliphatic carbocycles. The van der Waals surface area contributed by atoms with Crippen LogP contribution in [0.3, 0.4) is 0 Å². The lowest BCUT2D eigenvalue weighted by atomic mass is 10.1. The van der Waals surface area contributed by atoms with Gasteiger partial charge in [-0.1, -0.05) is 12.1 Å². The summed E-state index contributed by atoms with van der Waals surface area (Å²) < 4.78 is 5.73. The molecule has 5 N–H and O–H groups in total. The van der Waals surface area contributed by atoms with Gasteiger partial charge in [0.15, 0.2) is 0 Å². The largest absolute Gasteiger partial charge is 0.492 e. The minimum Gasteiger partial charge on any atom is -0.492 e. The van der Waals surface area contributed by atoms with Crippen LogP contribution >= 0.6 is 0 Å². The second-order valence-corrected chi connectivity index (χ2v) is 7.17. The van der Waals surface area contributed by atoms with Crippen molar-refractivity contribution in [2.75, 3.05) is 46.4 Å². The van der Waals surface area contributed by atoms with Crippen LogP contribution in [0, 0.1) is 0 Å². The van der Waals surface area contributed by atoms with Crippen molar-refractivity contribution in [1.29, 1.82) is 0 Å². The number of nitrogens with zero attached hydrogens (tertiary/aromatic N) is 1. The summed E-state index contributed by atoms with van der Waals surface area (Å²) in [7, 11) is 1.96. The van der Waals surface area contributed by atoms with Gasteiger partial charge in [0.1, 0.15) is 12.4 Å². The molecule has 0 aliphatic heterocycles. The first kappa shape index (κ1) is 22.6. The number of likely N-dealkylation sites (N-methyl/N-ethyl adjacent to an activating group) is 1. The highest BCUT2D eigenvalue weighted by molar-refractivity contribution is 5.82. The predicted molar refractivity (Wildman–Crippen MR) is 111 cm³/mol. The van der Waals surface area contributed by atoms with Gasteiger partial charge < -0.3 is 26.4 Å². The van der Waals surface area contributed by atoms with Gasteiger partial charge in [0.2, 0.25) is 0 Å². The van der Waals surface area contributed by atoms with Gasteiger partial charge in [-0.25, -0.2) is 0 Å². The zero-order valence-electron chi connectivity index (χ0n) is 16.9. The molecule has 0 unspecified atom stereocenters. The molecule has 0 spiro atoms. The molecular weight excluding hydrogens is 326 g/mol. The van der Waals surface area contributed by atoms with E-state index in [1.165, 1.54) is 5.71 Å². The van der Waals surface area contributed by atoms with Crippen molar-refractivity contribution in [3.63, 3.8) is 0 Å². The maximum atomic E-state index is 5.73. The minimum absolute atomic E-state index is 0.0252. The summed E-state index contributed by atoms with van der Waals surface area (Å²) in [6.45, 7) is 12.1. The Morgan fingerprint density at radius 3 is 2.73 bits per heavy atom. The van der Waals surface area contributed by atoms with E-state index in [0.717, 1.165) is 50.5 Å². The second kappa shape index (κ2) is 12.8. The van der Waals surface area contributed by atoms with E-state index < -0.39 is 0 Å². The van der Waals surface area contributed by atoms with E-state index in [2.05, 4.69) is 36.7 Å². The average Bonchev–Trinajstić information content (AvgIpc) is 2.63. The minimum atomic E-state index is 0.0252. The van der Waals surface area contributed by atoms with E-state index in [4.69, 9.17) is 15.5 Å². The van der Waals surface area contributed by atoms with Crippen molar-refractivity contribution in [2.45, 2.75) is 39.3 Å². The number of rotatable bonds is 14. The number of nitrogens with two attached hydrogens (primary N) is 1. The van der Waals surface area contributed by atoms with Crippen LogP contribution < -0.4 is 26.4 Å². The van der Waals surface area contributed by atoms with E-state index in [0.29, 0.717) is 13.2 Å². The fourth-order valence-electron chi connectivity index (χ4n) is 2.39. The molecule has 0 bridgehead atoms. The molecule has 6 nitrogen and oxygen atoms in total. The molecule has 0 fully saturated rings. The molecule has 1 aromatic carbocycles. The van der Waals surface area contributed by atoms with Crippen LogP contribution in [0.25, 0.3) is 0 Å². The van der Waals surface area contributed by atoms with E-state index in [1.807, 2.05) is 31.3 Å². The van der Waals surface area contributed by atoms with Crippen LogP contribution in [0.1, 0.15) is 32.8 Å². The van der Waals surface area contributed by atoms with Crippen LogP contribution in [0.5, 0.6) is 5.75 Å². The average molecular weight is 364 g/mol. The first-order valence-corrected chi connectivity index (χ1v) is 9.49. The van der Waals surface area contributed by atoms with Crippen LogP contribution in [0.15, 0.2) is 29.3 Å². The fraction of sp³-hybridized carbons (Fsp3) is 0.650. The highest BCUT2D eigenvalue weighted by Gasteiger charge is 2.15. The molecule has 0 radical (unpaired) electrons. The van der Waals surface area contributed by atoms with Crippen molar-refractivity contribution in [3.05, 3.63) is 29.8 Å². The Balaban J connectivity index is 2.14. The highest BCUT2D eigenvalue weighted by atomic mass is 16.5. The first-order chi connectivity index (χ1) is 12.5. The summed E-state index contributed by atoms with van der Waals surface area (Å²) in [5, 5.41) is 10.1. The SMILES string of the molecule is CNCCNC(C)(C)CN=C(C)CCNCCOc1cccc(CN)c1. The van der Waals surface area contributed by atoms with Crippen LogP contribution in [-0.4, -0.2) is 57.6 Å². The van der Waals surface area contributed by atoms with Crippen LogP contribution in [0.2, 0.25) is 0 Å². The Labute approximate surface area is 159 Å². The van der Waals surface area contributed by atoms with Gasteiger partial charge in [-0.3, -0.25) is 4.99 Å². The molecule has 0 saturated heterocycles. The van der Waals surface area contributed by atoms with Crippen LogP contribution in [-0.2, 0) is 6.54 Å². The van der Waals surface area contributed by atoms with Crippen molar-refractivity contribution in [2.24, 2.45) is 10.7 Å². The third kappa shape index (κ3) is 10.5. The van der Waals surface area contributed by atoms with Gasteiger partial charge in [0.05, 0.1) is 6.54 Å². The molecule has 0 atom stereocenters. The molecule has 0 heterocycles. The highest BCUT2D eigenvalue weighted by Crippen LogP contribution is 2.12. The van der Waals surface area contributed by atoms with Crippen molar-refractivity contribution < 1.29 is 4.74 Å². The molecule has 26 heavy (non-hydrogen) atoms. The molecular formula is C20H37N5O. The first-order valence-electron chi connectivity index (χ1n) is 9.49. The van der Waals surface area contributed by atoms with Gasteiger partial charge in [-0.15, -0.1) is 0 Å². The van der Waals surface area contributed by atoms with E-state index in [9.17, 15) is 0 Å². The third-order valence-electron chi connectivity index (χ3n) is 4.07. The number of nitrogens with one attached hydrogen (secondary N) is 3. The molecule has 1 rings (SSSR count). The molecule has 0 aromatic heterocycles. The Morgan fingerprint density at radius 1 is 1.19 bits per heavy atom. The monoisotopic (exact) mass is 363 g/mol. The summed E-state index contributed by atoms with van der Waals surface area (Å²) in [6, 6.07) is 7.93. The van der Waals surface area contributed by atoms with Crippen LogP contribution in [0.4, 0.5) is 0 Å². The van der Waals surface area contributed by atoms with Crippen molar-refractivity contribution in [3.8, 4) is 5.75 Å². The van der Waals surface area contributed by atoms with E-state index in [-0.39, 0.29) is 5.54 Å². The smallest absolute Gasteiger partial charge is 0.119 e. The lowest BCUT2D eigenvalue weighted by molar-refractivity contribution is 0.314. The molecule has 0 amide bonds. The molecule has 0 saturated carbocycles. The third-order valence-corrected chi connectivity index (χ3v) is 4.07. The number of aliphatic imine (C=N–C) groups is 1. The zero-order chi connectivity index (χ0) is 19.3. The second-order valence-electron chi connectivity index (χ2n) is 7.17. The number of hydrogen-bond acceptors (Lipinski definition) is 6. The number of ether oxygens (including phenoxy) is 1. The molecule has 1 aromatic rings. The lowest BCUT2D eigenvalue weighted by Crippen LogP contribution is -2.45. The maximum absolute atomic E-state index is 5.73. The topological polar surface area (TPSA) is 83.7 Å². The molecule has 6 heteroatoms. The fourth-order valence-corrected chi connectivity index (χ4v) is 2.39. The lowest BCUT2D eigenvalue weighted by Gasteiger charge is -2.24. The van der Waals surface area contributed by atoms with Crippen molar-refractivity contribution in [1.82, 2.24) is 16.0 Å². The Bertz CT molecular complexity index is 531. The number of hydrogen-bond donors (Lipinski definition) is 4. The summed E-state index contributed by atoms with van der Waals surface area (Å²) in [4.78, 5) is 4.71. The predicted octanol–water partition coefficient (Wildman–Crippen LogP) is 1.55. The van der Waals surface area contributed by atoms with Gasteiger partial charge in [0, 0.05) is 44.0 Å². The summed E-state index contributed by atoms with van der Waals surface area (Å²) in [6.07, 6.45) is 0.954. The summed E-state index contributed by atoms with van der Waals surface area (Å²) in [5.41, 5.74) is 7.93. The summed E-state index contributed by atoms with van der Waals surface area (Å²) in [5.74, 6) is 0.875. The number of benzene rings is 1. The van der Waals surface area contributed by atoms with Crippen molar-refractivity contribution >= 4 is 5.71 Å². The van der Waals surface area contributed by atoms with Gasteiger partial charge in [-0.05, 0) is 51.9 Å².